The van der Waals surface area contributed by atoms with Gasteiger partial charge in [-0.2, -0.15) is 0 Å². The molecule has 2 rings (SSSR count). The fourth-order valence-electron chi connectivity index (χ4n) is 2.81. The molecule has 0 unspecified atom stereocenters. The van der Waals surface area contributed by atoms with Crippen molar-refractivity contribution in [3.8, 4) is 0 Å². The van der Waals surface area contributed by atoms with E-state index in [1.807, 2.05) is 12.1 Å². The lowest BCUT2D eigenvalue weighted by Gasteiger charge is -2.33. The first-order valence-electron chi connectivity index (χ1n) is 7.18. The Balaban J connectivity index is 2.12. The molecule has 1 heterocycles. The molecule has 0 spiro atoms. The largest absolute Gasteiger partial charge is 0.469 e. The van der Waals surface area contributed by atoms with E-state index >= 15 is 0 Å². The highest BCUT2D eigenvalue weighted by Gasteiger charge is 2.33. The summed E-state index contributed by atoms with van der Waals surface area (Å²) >= 11 is 0. The summed E-state index contributed by atoms with van der Waals surface area (Å²) in [6.45, 7) is 2.20. The van der Waals surface area contributed by atoms with Crippen molar-refractivity contribution in [1.82, 2.24) is 0 Å². The summed E-state index contributed by atoms with van der Waals surface area (Å²) < 4.78 is 4.96. The molecule has 0 saturated carbocycles. The minimum atomic E-state index is -0.0940. The van der Waals surface area contributed by atoms with Crippen LogP contribution in [0.2, 0.25) is 0 Å². The van der Waals surface area contributed by atoms with Gasteiger partial charge in [-0.3, -0.25) is 4.79 Å². The molecule has 3 heteroatoms. The standard InChI is InChI=1S/C16H23NO2/c1-3-4-5-10-15-13(16(18)19-2)11-12-8-6-7-9-14(12)17-15/h6-9,13,15,17H,3-5,10-11H2,1-2H3/t13-,15-/m1/s1. The molecule has 1 aromatic rings. The zero-order valence-corrected chi connectivity index (χ0v) is 11.8. The maximum absolute atomic E-state index is 12.0. The fraction of sp³-hybridized carbons (Fsp3) is 0.562. The molecule has 1 N–H and O–H groups in total. The molecule has 1 aliphatic rings. The third kappa shape index (κ3) is 3.28. The molecule has 1 aliphatic heterocycles. The maximum atomic E-state index is 12.0. The second-order valence-electron chi connectivity index (χ2n) is 5.24. The van der Waals surface area contributed by atoms with Gasteiger partial charge in [0, 0.05) is 11.7 Å². The molecule has 0 aliphatic carbocycles. The Morgan fingerprint density at radius 1 is 1.37 bits per heavy atom. The van der Waals surface area contributed by atoms with E-state index in [1.165, 1.54) is 31.2 Å². The summed E-state index contributed by atoms with van der Waals surface area (Å²) in [5.41, 5.74) is 2.38. The van der Waals surface area contributed by atoms with Gasteiger partial charge in [0.1, 0.15) is 0 Å². The van der Waals surface area contributed by atoms with Crippen LogP contribution in [-0.2, 0) is 16.0 Å². The SMILES string of the molecule is CCCCC[C@H]1Nc2ccccc2C[C@H]1C(=O)OC. The number of benzene rings is 1. The van der Waals surface area contributed by atoms with Crippen LogP contribution >= 0.6 is 0 Å². The number of anilines is 1. The lowest BCUT2D eigenvalue weighted by Crippen LogP contribution is -2.40. The van der Waals surface area contributed by atoms with Gasteiger partial charge in [-0.25, -0.2) is 0 Å². The van der Waals surface area contributed by atoms with E-state index < -0.39 is 0 Å². The Morgan fingerprint density at radius 2 is 2.16 bits per heavy atom. The maximum Gasteiger partial charge on any atom is 0.311 e. The zero-order chi connectivity index (χ0) is 13.7. The molecular weight excluding hydrogens is 238 g/mol. The Hall–Kier alpha value is -1.51. The van der Waals surface area contributed by atoms with E-state index in [2.05, 4.69) is 24.4 Å². The molecule has 1 aromatic carbocycles. The molecule has 3 nitrogen and oxygen atoms in total. The second kappa shape index (κ2) is 6.60. The number of esters is 1. The van der Waals surface area contributed by atoms with Crippen molar-refractivity contribution in [3.63, 3.8) is 0 Å². The predicted molar refractivity (Wildman–Crippen MR) is 77.2 cm³/mol. The van der Waals surface area contributed by atoms with Crippen molar-refractivity contribution in [1.29, 1.82) is 0 Å². The molecule has 0 amide bonds. The van der Waals surface area contributed by atoms with Crippen LogP contribution < -0.4 is 5.32 Å². The van der Waals surface area contributed by atoms with Gasteiger partial charge in [0.05, 0.1) is 13.0 Å². The highest BCUT2D eigenvalue weighted by atomic mass is 16.5. The summed E-state index contributed by atoms with van der Waals surface area (Å²) in [4.78, 5) is 12.0. The van der Waals surface area contributed by atoms with Gasteiger partial charge in [-0.05, 0) is 24.5 Å². The smallest absolute Gasteiger partial charge is 0.311 e. The van der Waals surface area contributed by atoms with Crippen LogP contribution in [0.1, 0.15) is 38.2 Å². The summed E-state index contributed by atoms with van der Waals surface area (Å²) in [5.74, 6) is -0.153. The third-order valence-corrected chi connectivity index (χ3v) is 3.91. The summed E-state index contributed by atoms with van der Waals surface area (Å²) in [6.07, 6.45) is 5.39. The molecule has 19 heavy (non-hydrogen) atoms. The summed E-state index contributed by atoms with van der Waals surface area (Å²) in [6, 6.07) is 8.43. The molecule has 0 radical (unpaired) electrons. The van der Waals surface area contributed by atoms with Crippen molar-refractivity contribution in [2.75, 3.05) is 12.4 Å². The molecular formula is C16H23NO2. The number of methoxy groups -OCH3 is 1. The highest BCUT2D eigenvalue weighted by molar-refractivity contribution is 5.76. The lowest BCUT2D eigenvalue weighted by atomic mass is 9.84. The van der Waals surface area contributed by atoms with Gasteiger partial charge in [-0.15, -0.1) is 0 Å². The number of para-hydroxylation sites is 1. The van der Waals surface area contributed by atoms with Crippen LogP contribution in [0.5, 0.6) is 0 Å². The van der Waals surface area contributed by atoms with Gasteiger partial charge in [0.25, 0.3) is 0 Å². The first-order chi connectivity index (χ1) is 9.26. The Kier molecular flexibility index (Phi) is 4.83. The van der Waals surface area contributed by atoms with Crippen LogP contribution in [0.25, 0.3) is 0 Å². The number of unbranched alkanes of at least 4 members (excludes halogenated alkanes) is 2. The second-order valence-corrected chi connectivity index (χ2v) is 5.24. The van der Waals surface area contributed by atoms with Crippen LogP contribution in [0.3, 0.4) is 0 Å². The normalized spacial score (nSPS) is 21.4. The summed E-state index contributed by atoms with van der Waals surface area (Å²) in [5, 5.41) is 3.52. The van der Waals surface area contributed by atoms with Crippen molar-refractivity contribution >= 4 is 11.7 Å². The Labute approximate surface area is 115 Å². The van der Waals surface area contributed by atoms with Crippen LogP contribution in [0.4, 0.5) is 5.69 Å². The molecule has 104 valence electrons. The fourth-order valence-corrected chi connectivity index (χ4v) is 2.81. The number of rotatable bonds is 5. The predicted octanol–water partition coefficient (Wildman–Crippen LogP) is 3.39. The van der Waals surface area contributed by atoms with Crippen LogP contribution in [-0.4, -0.2) is 19.1 Å². The minimum Gasteiger partial charge on any atom is -0.469 e. The van der Waals surface area contributed by atoms with Crippen LogP contribution in [0.15, 0.2) is 24.3 Å². The van der Waals surface area contributed by atoms with Crippen molar-refractivity contribution in [2.24, 2.45) is 5.92 Å². The van der Waals surface area contributed by atoms with Crippen LogP contribution in [0, 0.1) is 5.92 Å². The summed E-state index contributed by atoms with van der Waals surface area (Å²) in [7, 11) is 1.48. The molecule has 2 atom stereocenters. The van der Waals surface area contributed by atoms with E-state index in [4.69, 9.17) is 4.74 Å². The minimum absolute atomic E-state index is 0.0586. The van der Waals surface area contributed by atoms with E-state index in [1.54, 1.807) is 0 Å². The van der Waals surface area contributed by atoms with E-state index in [9.17, 15) is 4.79 Å². The van der Waals surface area contributed by atoms with E-state index in [0.717, 1.165) is 19.3 Å². The van der Waals surface area contributed by atoms with Gasteiger partial charge in [0.2, 0.25) is 0 Å². The Bertz CT molecular complexity index is 431. The topological polar surface area (TPSA) is 38.3 Å². The molecule has 0 fully saturated rings. The lowest BCUT2D eigenvalue weighted by molar-refractivity contribution is -0.146. The van der Waals surface area contributed by atoms with Gasteiger partial charge in [-0.1, -0.05) is 44.4 Å². The number of hydrogen-bond acceptors (Lipinski definition) is 3. The number of carbonyl (C=O) groups excluding carboxylic acids is 1. The first-order valence-corrected chi connectivity index (χ1v) is 7.18. The number of ether oxygens (including phenoxy) is 1. The van der Waals surface area contributed by atoms with Gasteiger partial charge in [0.15, 0.2) is 0 Å². The van der Waals surface area contributed by atoms with Crippen molar-refractivity contribution in [3.05, 3.63) is 29.8 Å². The first kappa shape index (κ1) is 13.9. The quantitative estimate of drug-likeness (QED) is 0.652. The number of hydrogen-bond donors (Lipinski definition) is 1. The highest BCUT2D eigenvalue weighted by Crippen LogP contribution is 2.31. The molecule has 0 aromatic heterocycles. The van der Waals surface area contributed by atoms with E-state index in [0.29, 0.717) is 0 Å². The third-order valence-electron chi connectivity index (χ3n) is 3.91. The monoisotopic (exact) mass is 261 g/mol. The molecule has 0 bridgehead atoms. The molecule has 0 saturated heterocycles. The van der Waals surface area contributed by atoms with Gasteiger partial charge >= 0.3 is 5.97 Å². The Morgan fingerprint density at radius 3 is 2.89 bits per heavy atom. The van der Waals surface area contributed by atoms with Crippen molar-refractivity contribution < 1.29 is 9.53 Å². The average Bonchev–Trinajstić information content (AvgIpc) is 2.46. The van der Waals surface area contributed by atoms with E-state index in [-0.39, 0.29) is 17.9 Å². The average molecular weight is 261 g/mol. The number of carbonyl (C=O) groups is 1. The number of fused-ring (bicyclic) bond motifs is 1. The van der Waals surface area contributed by atoms with Crippen molar-refractivity contribution in [2.45, 2.75) is 45.1 Å². The van der Waals surface area contributed by atoms with Gasteiger partial charge < -0.3 is 10.1 Å². The zero-order valence-electron chi connectivity index (χ0n) is 11.8. The number of nitrogens with one attached hydrogen (secondary N) is 1.